The monoisotopic (exact) mass is 317 g/mol. The second-order valence-corrected chi connectivity index (χ2v) is 6.12. The highest BCUT2D eigenvalue weighted by atomic mass is 16.2. The molecule has 0 aromatic heterocycles. The lowest BCUT2D eigenvalue weighted by atomic mass is 10.1. The van der Waals surface area contributed by atoms with Crippen molar-refractivity contribution >= 4 is 18.2 Å². The van der Waals surface area contributed by atoms with E-state index in [9.17, 15) is 14.4 Å². The molecule has 6 heteroatoms. The number of rotatable bonds is 5. The molecule has 1 heterocycles. The van der Waals surface area contributed by atoms with Gasteiger partial charge >= 0.3 is 0 Å². The van der Waals surface area contributed by atoms with Gasteiger partial charge in [0.25, 0.3) is 11.8 Å². The molecule has 1 saturated heterocycles. The third-order valence-corrected chi connectivity index (χ3v) is 3.79. The Bertz CT molecular complexity index is 578. The van der Waals surface area contributed by atoms with Gasteiger partial charge in [0.15, 0.2) is 0 Å². The van der Waals surface area contributed by atoms with E-state index in [1.165, 1.54) is 0 Å². The highest BCUT2D eigenvalue weighted by Crippen LogP contribution is 2.11. The Kier molecular flexibility index (Phi) is 5.73. The molecule has 1 fully saturated rings. The van der Waals surface area contributed by atoms with E-state index in [1.54, 1.807) is 34.1 Å². The number of benzene rings is 1. The lowest BCUT2D eigenvalue weighted by molar-refractivity contribution is -0.119. The maximum atomic E-state index is 12.5. The van der Waals surface area contributed by atoms with Gasteiger partial charge in [0.05, 0.1) is 0 Å². The number of nitrogens with zero attached hydrogens (tertiary/aromatic N) is 2. The Balaban J connectivity index is 2.03. The van der Waals surface area contributed by atoms with Crippen molar-refractivity contribution in [2.45, 2.75) is 13.8 Å². The van der Waals surface area contributed by atoms with E-state index < -0.39 is 0 Å². The maximum absolute atomic E-state index is 12.5. The normalized spacial score (nSPS) is 14.7. The molecule has 2 rings (SSSR count). The van der Waals surface area contributed by atoms with Crippen LogP contribution in [0.4, 0.5) is 0 Å². The smallest absolute Gasteiger partial charge is 0.253 e. The van der Waals surface area contributed by atoms with E-state index in [0.29, 0.717) is 49.8 Å². The Hall–Kier alpha value is -2.37. The summed E-state index contributed by atoms with van der Waals surface area (Å²) in [5.74, 6) is 0.103. The van der Waals surface area contributed by atoms with Crippen molar-refractivity contribution in [2.75, 3.05) is 32.7 Å². The molecule has 1 aliphatic rings. The summed E-state index contributed by atoms with van der Waals surface area (Å²) in [6.45, 7) is 6.78. The number of amides is 3. The molecule has 23 heavy (non-hydrogen) atoms. The van der Waals surface area contributed by atoms with Gasteiger partial charge in [-0.25, -0.2) is 0 Å². The van der Waals surface area contributed by atoms with E-state index in [0.717, 1.165) is 6.41 Å². The zero-order valence-electron chi connectivity index (χ0n) is 13.6. The molecule has 6 nitrogen and oxygen atoms in total. The van der Waals surface area contributed by atoms with Crippen LogP contribution in [0.5, 0.6) is 0 Å². The van der Waals surface area contributed by atoms with E-state index >= 15 is 0 Å². The van der Waals surface area contributed by atoms with Gasteiger partial charge in [-0.3, -0.25) is 14.4 Å². The maximum Gasteiger partial charge on any atom is 0.253 e. The van der Waals surface area contributed by atoms with Crippen LogP contribution in [0.1, 0.15) is 34.6 Å². The average Bonchev–Trinajstić information content (AvgIpc) is 2.59. The van der Waals surface area contributed by atoms with Gasteiger partial charge in [-0.1, -0.05) is 19.9 Å². The molecule has 0 spiro atoms. The van der Waals surface area contributed by atoms with Gasteiger partial charge in [0.1, 0.15) is 0 Å². The summed E-state index contributed by atoms with van der Waals surface area (Å²) in [7, 11) is 0. The summed E-state index contributed by atoms with van der Waals surface area (Å²) in [4.78, 5) is 38.7. The molecular formula is C17H23N3O3. The van der Waals surface area contributed by atoms with Crippen molar-refractivity contribution in [1.82, 2.24) is 15.1 Å². The SMILES string of the molecule is CC(C)CNC(=O)c1cccc(C(=O)N2CCN(C=O)CC2)c1. The first-order valence-electron chi connectivity index (χ1n) is 7.88. The summed E-state index contributed by atoms with van der Waals surface area (Å²) < 4.78 is 0. The predicted molar refractivity (Wildman–Crippen MR) is 87.2 cm³/mol. The largest absolute Gasteiger partial charge is 0.352 e. The summed E-state index contributed by atoms with van der Waals surface area (Å²) in [6.07, 6.45) is 0.807. The number of hydrogen-bond donors (Lipinski definition) is 1. The zero-order valence-corrected chi connectivity index (χ0v) is 13.6. The summed E-state index contributed by atoms with van der Waals surface area (Å²) in [6, 6.07) is 6.77. The quantitative estimate of drug-likeness (QED) is 0.823. The number of nitrogens with one attached hydrogen (secondary N) is 1. The number of carbonyl (C=O) groups excluding carboxylic acids is 3. The molecule has 0 unspecified atom stereocenters. The average molecular weight is 317 g/mol. The molecule has 124 valence electrons. The molecule has 1 aromatic carbocycles. The van der Waals surface area contributed by atoms with Gasteiger partial charge < -0.3 is 15.1 Å². The highest BCUT2D eigenvalue weighted by molar-refractivity contribution is 5.99. The van der Waals surface area contributed by atoms with Crippen molar-refractivity contribution < 1.29 is 14.4 Å². The van der Waals surface area contributed by atoms with Gasteiger partial charge in [0.2, 0.25) is 6.41 Å². The third kappa shape index (κ3) is 4.55. The highest BCUT2D eigenvalue weighted by Gasteiger charge is 2.21. The fourth-order valence-corrected chi connectivity index (χ4v) is 2.41. The topological polar surface area (TPSA) is 69.7 Å². The minimum Gasteiger partial charge on any atom is -0.352 e. The first-order valence-corrected chi connectivity index (χ1v) is 7.88. The standard InChI is InChI=1S/C17H23N3O3/c1-13(2)11-18-16(22)14-4-3-5-15(10-14)17(23)20-8-6-19(12-21)7-9-20/h3-5,10,12-13H,6-9,11H2,1-2H3,(H,18,22). The fourth-order valence-electron chi connectivity index (χ4n) is 2.41. The number of carbonyl (C=O) groups is 3. The van der Waals surface area contributed by atoms with Crippen molar-refractivity contribution in [3.63, 3.8) is 0 Å². The molecule has 0 bridgehead atoms. The van der Waals surface area contributed by atoms with Crippen LogP contribution in [-0.4, -0.2) is 60.7 Å². The molecule has 0 radical (unpaired) electrons. The third-order valence-electron chi connectivity index (χ3n) is 3.79. The first kappa shape index (κ1) is 17.0. The first-order chi connectivity index (χ1) is 11.0. The van der Waals surface area contributed by atoms with Crippen LogP contribution in [0, 0.1) is 5.92 Å². The Morgan fingerprint density at radius 1 is 1.17 bits per heavy atom. The molecule has 0 atom stereocenters. The summed E-state index contributed by atoms with van der Waals surface area (Å²) in [5.41, 5.74) is 0.991. The van der Waals surface area contributed by atoms with Crippen LogP contribution < -0.4 is 5.32 Å². The van der Waals surface area contributed by atoms with E-state index in [4.69, 9.17) is 0 Å². The Morgan fingerprint density at radius 3 is 2.43 bits per heavy atom. The molecule has 3 amide bonds. The second kappa shape index (κ2) is 7.76. The van der Waals surface area contributed by atoms with Crippen LogP contribution in [0.25, 0.3) is 0 Å². The lowest BCUT2D eigenvalue weighted by Gasteiger charge is -2.32. The van der Waals surface area contributed by atoms with Gasteiger partial charge in [0, 0.05) is 43.9 Å². The molecule has 0 aliphatic carbocycles. The molecule has 1 N–H and O–H groups in total. The molecular weight excluding hydrogens is 294 g/mol. The van der Waals surface area contributed by atoms with Crippen LogP contribution in [0.2, 0.25) is 0 Å². The van der Waals surface area contributed by atoms with Crippen LogP contribution in [0.3, 0.4) is 0 Å². The van der Waals surface area contributed by atoms with Crippen LogP contribution in [0.15, 0.2) is 24.3 Å². The van der Waals surface area contributed by atoms with Gasteiger partial charge in [-0.15, -0.1) is 0 Å². The van der Waals surface area contributed by atoms with Crippen molar-refractivity contribution in [3.05, 3.63) is 35.4 Å². The molecule has 1 aliphatic heterocycles. The lowest BCUT2D eigenvalue weighted by Crippen LogP contribution is -2.48. The Morgan fingerprint density at radius 2 is 1.83 bits per heavy atom. The van der Waals surface area contributed by atoms with Gasteiger partial charge in [-0.05, 0) is 24.1 Å². The van der Waals surface area contributed by atoms with E-state index in [1.807, 2.05) is 13.8 Å². The Labute approximate surface area is 136 Å². The molecule has 0 saturated carbocycles. The number of hydrogen-bond acceptors (Lipinski definition) is 3. The van der Waals surface area contributed by atoms with Crippen LogP contribution in [-0.2, 0) is 4.79 Å². The van der Waals surface area contributed by atoms with E-state index in [-0.39, 0.29) is 11.8 Å². The van der Waals surface area contributed by atoms with E-state index in [2.05, 4.69) is 5.32 Å². The predicted octanol–water partition coefficient (Wildman–Crippen LogP) is 0.987. The van der Waals surface area contributed by atoms with Crippen molar-refractivity contribution in [3.8, 4) is 0 Å². The summed E-state index contributed by atoms with van der Waals surface area (Å²) >= 11 is 0. The van der Waals surface area contributed by atoms with Crippen LogP contribution >= 0.6 is 0 Å². The number of piperazine rings is 1. The second-order valence-electron chi connectivity index (χ2n) is 6.12. The zero-order chi connectivity index (χ0) is 16.8. The fraction of sp³-hybridized carbons (Fsp3) is 0.471. The van der Waals surface area contributed by atoms with Crippen molar-refractivity contribution in [2.24, 2.45) is 5.92 Å². The minimum absolute atomic E-state index is 0.103. The van der Waals surface area contributed by atoms with Gasteiger partial charge in [-0.2, -0.15) is 0 Å². The minimum atomic E-state index is -0.167. The molecule has 1 aromatic rings. The van der Waals surface area contributed by atoms with Crippen molar-refractivity contribution in [1.29, 1.82) is 0 Å². The summed E-state index contributed by atoms with van der Waals surface area (Å²) in [5, 5.41) is 2.85.